The van der Waals surface area contributed by atoms with E-state index in [2.05, 4.69) is 38.3 Å². The normalized spacial score (nSPS) is 23.9. The van der Waals surface area contributed by atoms with E-state index in [4.69, 9.17) is 4.99 Å². The highest BCUT2D eigenvalue weighted by atomic mass is 15.2. The third-order valence-corrected chi connectivity index (χ3v) is 5.05. The first-order chi connectivity index (χ1) is 9.07. The summed E-state index contributed by atoms with van der Waals surface area (Å²) in [6, 6.07) is 0.469. The molecular formula is C16H31N3. The highest BCUT2D eigenvalue weighted by Gasteiger charge is 2.48. The summed E-state index contributed by atoms with van der Waals surface area (Å²) >= 11 is 0. The zero-order chi connectivity index (χ0) is 13.9. The van der Waals surface area contributed by atoms with Crippen molar-refractivity contribution in [3.05, 3.63) is 0 Å². The van der Waals surface area contributed by atoms with Gasteiger partial charge < -0.3 is 10.6 Å². The first-order valence-corrected chi connectivity index (χ1v) is 8.12. The molecule has 0 aliphatic heterocycles. The Hall–Kier alpha value is -0.730. The molecule has 0 saturated heterocycles. The lowest BCUT2D eigenvalue weighted by molar-refractivity contribution is 0.113. The summed E-state index contributed by atoms with van der Waals surface area (Å²) < 4.78 is 0. The minimum atomic E-state index is 0.469. The van der Waals surface area contributed by atoms with Gasteiger partial charge in [0.25, 0.3) is 0 Å². The molecule has 2 N–H and O–H groups in total. The van der Waals surface area contributed by atoms with E-state index in [-0.39, 0.29) is 0 Å². The van der Waals surface area contributed by atoms with Crippen molar-refractivity contribution in [3.63, 3.8) is 0 Å². The van der Waals surface area contributed by atoms with Crippen LogP contribution in [0.15, 0.2) is 4.99 Å². The largest absolute Gasteiger partial charge is 0.357 e. The number of rotatable bonds is 6. The summed E-state index contributed by atoms with van der Waals surface area (Å²) in [6.07, 6.45) is 7.11. The topological polar surface area (TPSA) is 36.4 Å². The lowest BCUT2D eigenvalue weighted by Crippen LogP contribution is -2.45. The van der Waals surface area contributed by atoms with E-state index < -0.39 is 0 Å². The van der Waals surface area contributed by atoms with Gasteiger partial charge in [0.15, 0.2) is 5.96 Å². The van der Waals surface area contributed by atoms with E-state index in [1.807, 2.05) is 0 Å². The van der Waals surface area contributed by atoms with E-state index in [9.17, 15) is 0 Å². The van der Waals surface area contributed by atoms with E-state index in [1.165, 1.54) is 32.1 Å². The van der Waals surface area contributed by atoms with Gasteiger partial charge in [-0.3, -0.25) is 4.99 Å². The van der Waals surface area contributed by atoms with Crippen LogP contribution >= 0.6 is 0 Å². The number of hydrogen-bond acceptors (Lipinski definition) is 1. The van der Waals surface area contributed by atoms with Gasteiger partial charge in [-0.25, -0.2) is 0 Å². The summed E-state index contributed by atoms with van der Waals surface area (Å²) in [6.45, 7) is 10.8. The van der Waals surface area contributed by atoms with Gasteiger partial charge in [-0.2, -0.15) is 0 Å². The van der Waals surface area contributed by atoms with Gasteiger partial charge >= 0.3 is 0 Å². The predicted octanol–water partition coefficient (Wildman–Crippen LogP) is 3.17. The lowest BCUT2D eigenvalue weighted by Gasteiger charge is -2.41. The van der Waals surface area contributed by atoms with Crippen molar-refractivity contribution in [2.45, 2.75) is 65.8 Å². The molecule has 0 aromatic heterocycles. The summed E-state index contributed by atoms with van der Waals surface area (Å²) in [4.78, 5) is 4.89. The summed E-state index contributed by atoms with van der Waals surface area (Å²) in [5.74, 6) is 2.62. The van der Waals surface area contributed by atoms with Crippen LogP contribution in [0.5, 0.6) is 0 Å². The molecule has 1 atom stereocenters. The monoisotopic (exact) mass is 265 g/mol. The second-order valence-electron chi connectivity index (χ2n) is 6.86. The fraction of sp³-hybridized carbons (Fsp3) is 0.938. The first-order valence-electron chi connectivity index (χ1n) is 8.12. The maximum atomic E-state index is 4.89. The molecule has 2 fully saturated rings. The number of hydrogen-bond donors (Lipinski definition) is 2. The molecule has 0 aromatic carbocycles. The lowest BCUT2D eigenvalue weighted by atomic mass is 9.65. The molecule has 1 unspecified atom stereocenters. The van der Waals surface area contributed by atoms with E-state index in [0.29, 0.717) is 17.4 Å². The van der Waals surface area contributed by atoms with E-state index in [1.54, 1.807) is 0 Å². The third kappa shape index (κ3) is 3.64. The molecule has 19 heavy (non-hydrogen) atoms. The molecule has 0 amide bonds. The van der Waals surface area contributed by atoms with Crippen LogP contribution in [0, 0.1) is 17.3 Å². The van der Waals surface area contributed by atoms with Crippen molar-refractivity contribution < 1.29 is 0 Å². The quantitative estimate of drug-likeness (QED) is 0.572. The molecule has 0 radical (unpaired) electrons. The predicted molar refractivity (Wildman–Crippen MR) is 82.4 cm³/mol. The summed E-state index contributed by atoms with van der Waals surface area (Å²) in [5, 5.41) is 6.92. The maximum Gasteiger partial charge on any atom is 0.191 e. The average molecular weight is 265 g/mol. The molecule has 0 heterocycles. The molecule has 2 aliphatic rings. The number of aliphatic imine (C=N–C) groups is 1. The molecular weight excluding hydrogens is 234 g/mol. The van der Waals surface area contributed by atoms with Gasteiger partial charge in [0.1, 0.15) is 0 Å². The van der Waals surface area contributed by atoms with Crippen molar-refractivity contribution in [2.75, 3.05) is 13.1 Å². The third-order valence-electron chi connectivity index (χ3n) is 5.05. The summed E-state index contributed by atoms with van der Waals surface area (Å²) in [5.41, 5.74) is 0.573. The smallest absolute Gasteiger partial charge is 0.191 e. The Morgan fingerprint density at radius 1 is 1.26 bits per heavy atom. The molecule has 0 aromatic rings. The van der Waals surface area contributed by atoms with E-state index in [0.717, 1.165) is 25.0 Å². The minimum Gasteiger partial charge on any atom is -0.357 e. The van der Waals surface area contributed by atoms with Crippen LogP contribution in [0.2, 0.25) is 0 Å². The van der Waals surface area contributed by atoms with Crippen LogP contribution in [0.4, 0.5) is 0 Å². The zero-order valence-corrected chi connectivity index (χ0v) is 13.1. The van der Waals surface area contributed by atoms with Crippen LogP contribution < -0.4 is 10.6 Å². The average Bonchev–Trinajstić information content (AvgIpc) is 3.12. The highest BCUT2D eigenvalue weighted by molar-refractivity contribution is 5.80. The summed E-state index contributed by atoms with van der Waals surface area (Å²) in [7, 11) is 0. The van der Waals surface area contributed by atoms with Crippen LogP contribution in [-0.2, 0) is 0 Å². The number of nitrogens with one attached hydrogen (secondary N) is 2. The zero-order valence-electron chi connectivity index (χ0n) is 13.1. The molecule has 3 heteroatoms. The van der Waals surface area contributed by atoms with Crippen LogP contribution in [-0.4, -0.2) is 25.1 Å². The Morgan fingerprint density at radius 3 is 2.37 bits per heavy atom. The van der Waals surface area contributed by atoms with Crippen LogP contribution in [0.25, 0.3) is 0 Å². The maximum absolute atomic E-state index is 4.89. The fourth-order valence-corrected chi connectivity index (χ4v) is 2.96. The second-order valence-corrected chi connectivity index (χ2v) is 6.86. The van der Waals surface area contributed by atoms with Gasteiger partial charge in [-0.1, -0.05) is 20.3 Å². The minimum absolute atomic E-state index is 0.469. The molecule has 110 valence electrons. The highest BCUT2D eigenvalue weighted by Crippen LogP contribution is 2.57. The molecule has 2 rings (SSSR count). The SMILES string of the molecule is CCNC(=NCC1(C2CC2)CCC1)NC(C)C(C)C. The second kappa shape index (κ2) is 6.15. The van der Waals surface area contributed by atoms with Crippen LogP contribution in [0.1, 0.15) is 59.8 Å². The van der Waals surface area contributed by atoms with Gasteiger partial charge in [0.2, 0.25) is 0 Å². The Bertz CT molecular complexity index is 314. The van der Waals surface area contributed by atoms with Gasteiger partial charge in [-0.15, -0.1) is 0 Å². The van der Waals surface area contributed by atoms with Gasteiger partial charge in [0.05, 0.1) is 0 Å². The number of guanidine groups is 1. The van der Waals surface area contributed by atoms with E-state index >= 15 is 0 Å². The van der Waals surface area contributed by atoms with Crippen molar-refractivity contribution >= 4 is 5.96 Å². The van der Waals surface area contributed by atoms with Crippen molar-refractivity contribution in [1.29, 1.82) is 0 Å². The molecule has 2 aliphatic carbocycles. The van der Waals surface area contributed by atoms with Crippen molar-refractivity contribution in [1.82, 2.24) is 10.6 Å². The molecule has 0 spiro atoms. The van der Waals surface area contributed by atoms with Gasteiger partial charge in [-0.05, 0) is 56.8 Å². The number of nitrogens with zero attached hydrogens (tertiary/aromatic N) is 1. The molecule has 3 nitrogen and oxygen atoms in total. The van der Waals surface area contributed by atoms with Crippen LogP contribution in [0.3, 0.4) is 0 Å². The van der Waals surface area contributed by atoms with Crippen molar-refractivity contribution in [3.8, 4) is 0 Å². The Morgan fingerprint density at radius 2 is 1.95 bits per heavy atom. The Kier molecular flexibility index (Phi) is 4.75. The Balaban J connectivity index is 1.91. The standard InChI is InChI=1S/C16H31N3/c1-5-17-15(19-13(4)12(2)3)18-11-16(9-6-10-16)14-7-8-14/h12-14H,5-11H2,1-4H3,(H2,17,18,19). The molecule has 0 bridgehead atoms. The fourth-order valence-electron chi connectivity index (χ4n) is 2.96. The Labute approximate surface area is 118 Å². The van der Waals surface area contributed by atoms with Crippen molar-refractivity contribution in [2.24, 2.45) is 22.2 Å². The first kappa shape index (κ1) is 14.7. The van der Waals surface area contributed by atoms with Gasteiger partial charge in [0, 0.05) is 19.1 Å². The molecule has 2 saturated carbocycles.